The van der Waals surface area contributed by atoms with Gasteiger partial charge in [-0.25, -0.2) is 18.4 Å². The van der Waals surface area contributed by atoms with Crippen LogP contribution in [0, 0.1) is 0 Å². The summed E-state index contributed by atoms with van der Waals surface area (Å²) in [6.07, 6.45) is 1.37. The van der Waals surface area contributed by atoms with Gasteiger partial charge in [-0.3, -0.25) is 0 Å². The number of amides is 2. The van der Waals surface area contributed by atoms with Gasteiger partial charge in [0, 0.05) is 26.8 Å². The van der Waals surface area contributed by atoms with E-state index in [0.717, 1.165) is 12.0 Å². The van der Waals surface area contributed by atoms with Gasteiger partial charge >= 0.3 is 6.03 Å². The third kappa shape index (κ3) is 7.07. The minimum absolute atomic E-state index is 0.0788. The molecule has 0 aliphatic rings. The largest absolute Gasteiger partial charge is 0.385 e. The number of carbonyl (C=O) groups is 1. The lowest BCUT2D eigenvalue weighted by Gasteiger charge is -2.07. The average molecular weight is 315 g/mol. The minimum Gasteiger partial charge on any atom is -0.385 e. The number of primary sulfonamides is 1. The standard InChI is InChI=1S/C13H21N3O4S/c1-20-10-2-8-15-13(17)16-9-7-11-3-5-12(6-4-11)21(14,18)19/h3-6H,2,7-10H2,1H3,(H2,14,18,19)(H2,15,16,17). The van der Waals surface area contributed by atoms with Gasteiger partial charge in [0.2, 0.25) is 10.0 Å². The number of urea groups is 1. The molecule has 4 N–H and O–H groups in total. The molecule has 8 heteroatoms. The third-order valence-electron chi connectivity index (χ3n) is 2.76. The molecule has 1 aromatic rings. The lowest BCUT2D eigenvalue weighted by Crippen LogP contribution is -2.37. The lowest BCUT2D eigenvalue weighted by molar-refractivity contribution is 0.193. The molecule has 0 aromatic heterocycles. The first-order valence-corrected chi connectivity index (χ1v) is 8.10. The van der Waals surface area contributed by atoms with Gasteiger partial charge in [-0.1, -0.05) is 12.1 Å². The summed E-state index contributed by atoms with van der Waals surface area (Å²) in [7, 11) is -2.05. The second kappa shape index (κ2) is 8.60. The third-order valence-corrected chi connectivity index (χ3v) is 3.69. The summed E-state index contributed by atoms with van der Waals surface area (Å²) in [6, 6.07) is 6.04. The first kappa shape index (κ1) is 17.4. The predicted octanol–water partition coefficient (Wildman–Crippen LogP) is 0.212. The van der Waals surface area contributed by atoms with Crippen molar-refractivity contribution >= 4 is 16.1 Å². The summed E-state index contributed by atoms with van der Waals surface area (Å²) in [5, 5.41) is 10.4. The summed E-state index contributed by atoms with van der Waals surface area (Å²) in [4.78, 5) is 11.5. The highest BCUT2D eigenvalue weighted by Gasteiger charge is 2.06. The summed E-state index contributed by atoms with van der Waals surface area (Å²) in [5.41, 5.74) is 0.919. The molecule has 2 amide bonds. The molecule has 0 unspecified atom stereocenters. The number of nitrogens with two attached hydrogens (primary N) is 1. The Morgan fingerprint density at radius 2 is 1.81 bits per heavy atom. The fraction of sp³-hybridized carbons (Fsp3) is 0.462. The number of nitrogens with one attached hydrogen (secondary N) is 2. The van der Waals surface area contributed by atoms with Crippen LogP contribution in [-0.4, -0.2) is 41.3 Å². The Morgan fingerprint density at radius 3 is 2.38 bits per heavy atom. The summed E-state index contributed by atoms with van der Waals surface area (Å²) in [6.45, 7) is 1.63. The van der Waals surface area contributed by atoms with Gasteiger partial charge in [0.05, 0.1) is 4.90 Å². The van der Waals surface area contributed by atoms with Gasteiger partial charge in [0.1, 0.15) is 0 Å². The number of ether oxygens (including phenoxy) is 1. The van der Waals surface area contributed by atoms with Crippen molar-refractivity contribution in [2.75, 3.05) is 26.8 Å². The lowest BCUT2D eigenvalue weighted by atomic mass is 10.1. The zero-order chi connectivity index (χ0) is 15.7. The molecule has 0 saturated heterocycles. The van der Waals surface area contributed by atoms with Crippen molar-refractivity contribution in [1.82, 2.24) is 10.6 Å². The number of rotatable bonds is 8. The van der Waals surface area contributed by atoms with Crippen LogP contribution < -0.4 is 15.8 Å². The highest BCUT2D eigenvalue weighted by molar-refractivity contribution is 7.89. The van der Waals surface area contributed by atoms with Gasteiger partial charge in [-0.05, 0) is 30.5 Å². The molecule has 0 heterocycles. The number of hydrogen-bond donors (Lipinski definition) is 3. The quantitative estimate of drug-likeness (QED) is 0.596. The normalized spacial score (nSPS) is 11.1. The number of hydrogen-bond acceptors (Lipinski definition) is 4. The van der Waals surface area contributed by atoms with Crippen molar-refractivity contribution in [2.45, 2.75) is 17.7 Å². The maximum absolute atomic E-state index is 11.4. The zero-order valence-electron chi connectivity index (χ0n) is 12.0. The molecule has 0 radical (unpaired) electrons. The van der Waals surface area contributed by atoms with E-state index in [1.807, 2.05) is 0 Å². The Hall–Kier alpha value is -1.64. The predicted molar refractivity (Wildman–Crippen MR) is 79.4 cm³/mol. The van der Waals surface area contributed by atoms with Crippen molar-refractivity contribution in [3.05, 3.63) is 29.8 Å². The number of methoxy groups -OCH3 is 1. The highest BCUT2D eigenvalue weighted by atomic mass is 32.2. The van der Waals surface area contributed by atoms with E-state index in [-0.39, 0.29) is 10.9 Å². The number of carbonyl (C=O) groups excluding carboxylic acids is 1. The molecule has 7 nitrogen and oxygen atoms in total. The molecule has 1 rings (SSSR count). The maximum atomic E-state index is 11.4. The molecular weight excluding hydrogens is 294 g/mol. The molecule has 0 aliphatic heterocycles. The molecule has 1 aromatic carbocycles. The average Bonchev–Trinajstić information content (AvgIpc) is 2.43. The molecule has 0 saturated carbocycles. The molecule has 0 bridgehead atoms. The molecule has 0 aliphatic carbocycles. The van der Waals surface area contributed by atoms with Crippen LogP contribution in [0.4, 0.5) is 4.79 Å². The Balaban J connectivity index is 2.28. The molecule has 118 valence electrons. The molecule has 0 atom stereocenters. The van der Waals surface area contributed by atoms with E-state index in [1.165, 1.54) is 12.1 Å². The van der Waals surface area contributed by atoms with Gasteiger partial charge in [-0.2, -0.15) is 0 Å². The molecule has 0 fully saturated rings. The van der Waals surface area contributed by atoms with E-state index in [1.54, 1.807) is 19.2 Å². The van der Waals surface area contributed by atoms with E-state index in [4.69, 9.17) is 9.88 Å². The van der Waals surface area contributed by atoms with Crippen LogP contribution in [0.1, 0.15) is 12.0 Å². The molecule has 0 spiro atoms. The summed E-state index contributed by atoms with van der Waals surface area (Å²) >= 11 is 0. The minimum atomic E-state index is -3.66. The van der Waals surface area contributed by atoms with Crippen molar-refractivity contribution < 1.29 is 17.9 Å². The van der Waals surface area contributed by atoms with Crippen molar-refractivity contribution in [3.63, 3.8) is 0 Å². The van der Waals surface area contributed by atoms with Gasteiger partial charge < -0.3 is 15.4 Å². The van der Waals surface area contributed by atoms with E-state index < -0.39 is 10.0 Å². The smallest absolute Gasteiger partial charge is 0.314 e. The Kier molecular flexibility index (Phi) is 7.13. The molecule has 21 heavy (non-hydrogen) atoms. The first-order chi connectivity index (χ1) is 9.93. The van der Waals surface area contributed by atoms with Crippen LogP contribution >= 0.6 is 0 Å². The van der Waals surface area contributed by atoms with Gasteiger partial charge in [0.15, 0.2) is 0 Å². The van der Waals surface area contributed by atoms with E-state index >= 15 is 0 Å². The van der Waals surface area contributed by atoms with E-state index in [9.17, 15) is 13.2 Å². The maximum Gasteiger partial charge on any atom is 0.314 e. The highest BCUT2D eigenvalue weighted by Crippen LogP contribution is 2.08. The first-order valence-electron chi connectivity index (χ1n) is 6.56. The second-order valence-corrected chi connectivity index (χ2v) is 6.03. The summed E-state index contributed by atoms with van der Waals surface area (Å²) < 4.78 is 27.1. The van der Waals surface area contributed by atoms with E-state index in [2.05, 4.69) is 10.6 Å². The zero-order valence-corrected chi connectivity index (χ0v) is 12.8. The van der Waals surface area contributed by atoms with Crippen LogP contribution in [0.25, 0.3) is 0 Å². The van der Waals surface area contributed by atoms with Gasteiger partial charge in [0.25, 0.3) is 0 Å². The molecular formula is C13H21N3O4S. The number of sulfonamides is 1. The fourth-order valence-corrected chi connectivity index (χ4v) is 2.16. The van der Waals surface area contributed by atoms with Crippen molar-refractivity contribution in [2.24, 2.45) is 5.14 Å². The number of benzene rings is 1. The van der Waals surface area contributed by atoms with Crippen LogP contribution in [-0.2, 0) is 21.2 Å². The Labute approximate surface area is 124 Å². The Bertz CT molecular complexity index is 543. The van der Waals surface area contributed by atoms with Crippen LogP contribution in [0.2, 0.25) is 0 Å². The van der Waals surface area contributed by atoms with Crippen molar-refractivity contribution in [1.29, 1.82) is 0 Å². The van der Waals surface area contributed by atoms with Gasteiger partial charge in [-0.15, -0.1) is 0 Å². The van der Waals surface area contributed by atoms with Crippen LogP contribution in [0.15, 0.2) is 29.2 Å². The second-order valence-electron chi connectivity index (χ2n) is 4.47. The summed E-state index contributed by atoms with van der Waals surface area (Å²) in [5.74, 6) is 0. The SMILES string of the molecule is COCCCNC(=O)NCCc1ccc(S(N)(=O)=O)cc1. The van der Waals surface area contributed by atoms with Crippen LogP contribution in [0.3, 0.4) is 0 Å². The van der Waals surface area contributed by atoms with E-state index in [0.29, 0.717) is 26.1 Å². The topological polar surface area (TPSA) is 111 Å². The van der Waals surface area contributed by atoms with Crippen molar-refractivity contribution in [3.8, 4) is 0 Å². The Morgan fingerprint density at radius 1 is 1.19 bits per heavy atom. The fourth-order valence-electron chi connectivity index (χ4n) is 1.65. The van der Waals surface area contributed by atoms with Crippen LogP contribution in [0.5, 0.6) is 0 Å². The monoisotopic (exact) mass is 315 g/mol.